The number of aryl methyl sites for hydroxylation is 1. The zero-order chi connectivity index (χ0) is 20.1. The molecule has 2 aromatic rings. The van der Waals surface area contributed by atoms with Crippen LogP contribution in [0, 0.1) is 0 Å². The second kappa shape index (κ2) is 14.3. The van der Waals surface area contributed by atoms with Crippen molar-refractivity contribution in [2.45, 2.75) is 66.3 Å². The van der Waals surface area contributed by atoms with Crippen molar-refractivity contribution in [1.82, 2.24) is 0 Å². The first-order valence-electron chi connectivity index (χ1n) is 9.39. The molecular formula is C24H32N2O2. The molecule has 0 aliphatic carbocycles. The SMILES string of the molecule is C.CCC(N=C=O)c1cccc(C(C)C)c1.CCCc1ccc(N=C=O)cc1. The Labute approximate surface area is 169 Å². The monoisotopic (exact) mass is 380 g/mol. The topological polar surface area (TPSA) is 58.9 Å². The second-order valence-electron chi connectivity index (χ2n) is 6.59. The van der Waals surface area contributed by atoms with Gasteiger partial charge in [-0.3, -0.25) is 0 Å². The highest BCUT2D eigenvalue weighted by Crippen LogP contribution is 2.24. The Bertz CT molecular complexity index is 785. The summed E-state index contributed by atoms with van der Waals surface area (Å²) < 4.78 is 0. The standard InChI is InChI=1S/C13H17NO.C10H11NO.CH4/c1-4-13(14-9-15)12-7-5-6-11(8-12)10(2)3;1-2-3-9-4-6-10(7-5-9)11-8-12;/h5-8,10,13H,4H2,1-3H3;4-7H,2-3H2,1H3;1H4. The first-order chi connectivity index (χ1) is 13.0. The largest absolute Gasteiger partial charge is 0.240 e. The number of aliphatic imine (C=N–C) groups is 2. The van der Waals surface area contributed by atoms with E-state index in [2.05, 4.69) is 42.9 Å². The lowest BCUT2D eigenvalue weighted by molar-refractivity contribution is 0.555. The van der Waals surface area contributed by atoms with E-state index in [1.807, 2.05) is 43.3 Å². The number of hydrogen-bond donors (Lipinski definition) is 0. The highest BCUT2D eigenvalue weighted by atomic mass is 16.1. The van der Waals surface area contributed by atoms with E-state index in [0.717, 1.165) is 24.8 Å². The van der Waals surface area contributed by atoms with Crippen molar-refractivity contribution >= 4 is 17.8 Å². The van der Waals surface area contributed by atoms with Crippen LogP contribution < -0.4 is 0 Å². The molecule has 4 heteroatoms. The third kappa shape index (κ3) is 8.73. The molecule has 1 atom stereocenters. The molecule has 0 spiro atoms. The maximum absolute atomic E-state index is 10.3. The maximum Gasteiger partial charge on any atom is 0.240 e. The molecule has 0 fully saturated rings. The normalized spacial score (nSPS) is 10.5. The van der Waals surface area contributed by atoms with Gasteiger partial charge in [-0.15, -0.1) is 0 Å². The summed E-state index contributed by atoms with van der Waals surface area (Å²) in [5.41, 5.74) is 4.34. The van der Waals surface area contributed by atoms with Gasteiger partial charge in [0.05, 0.1) is 11.7 Å². The van der Waals surface area contributed by atoms with Gasteiger partial charge in [-0.05, 0) is 47.6 Å². The summed E-state index contributed by atoms with van der Waals surface area (Å²) in [6, 6.07) is 15.9. The molecular weight excluding hydrogens is 348 g/mol. The quantitative estimate of drug-likeness (QED) is 0.390. The summed E-state index contributed by atoms with van der Waals surface area (Å²) in [5.74, 6) is 0.502. The molecule has 0 bridgehead atoms. The van der Waals surface area contributed by atoms with Gasteiger partial charge in [0.15, 0.2) is 0 Å². The molecule has 28 heavy (non-hydrogen) atoms. The van der Waals surface area contributed by atoms with Gasteiger partial charge in [0.1, 0.15) is 0 Å². The first kappa shape index (κ1) is 25.2. The Balaban J connectivity index is 0.000000514. The average Bonchev–Trinajstić information content (AvgIpc) is 2.68. The van der Waals surface area contributed by atoms with Crippen LogP contribution >= 0.6 is 0 Å². The van der Waals surface area contributed by atoms with Gasteiger partial charge in [-0.25, -0.2) is 9.59 Å². The lowest BCUT2D eigenvalue weighted by atomic mass is 9.97. The van der Waals surface area contributed by atoms with Gasteiger partial charge < -0.3 is 0 Å². The van der Waals surface area contributed by atoms with E-state index in [-0.39, 0.29) is 13.5 Å². The van der Waals surface area contributed by atoms with E-state index in [0.29, 0.717) is 11.6 Å². The summed E-state index contributed by atoms with van der Waals surface area (Å²) in [7, 11) is 0. The van der Waals surface area contributed by atoms with Gasteiger partial charge in [0, 0.05) is 0 Å². The summed E-state index contributed by atoms with van der Waals surface area (Å²) in [5, 5.41) is 0. The van der Waals surface area contributed by atoms with Crippen molar-refractivity contribution in [3.8, 4) is 0 Å². The Morgan fingerprint density at radius 1 is 0.929 bits per heavy atom. The summed E-state index contributed by atoms with van der Waals surface area (Å²) >= 11 is 0. The lowest BCUT2D eigenvalue weighted by Crippen LogP contribution is -1.96. The Hall–Kier alpha value is -2.80. The number of benzene rings is 2. The van der Waals surface area contributed by atoms with Gasteiger partial charge >= 0.3 is 0 Å². The summed E-state index contributed by atoms with van der Waals surface area (Å²) in [6.45, 7) is 8.47. The van der Waals surface area contributed by atoms with E-state index < -0.39 is 0 Å². The molecule has 0 amide bonds. The van der Waals surface area contributed by atoms with Crippen LogP contribution in [0.1, 0.15) is 76.6 Å². The number of rotatable bonds is 7. The van der Waals surface area contributed by atoms with Crippen molar-refractivity contribution in [1.29, 1.82) is 0 Å². The van der Waals surface area contributed by atoms with Crippen LogP contribution in [0.4, 0.5) is 5.69 Å². The number of carbonyl (C=O) groups excluding carboxylic acids is 2. The molecule has 0 aromatic heterocycles. The molecule has 0 saturated heterocycles. The van der Waals surface area contributed by atoms with E-state index >= 15 is 0 Å². The van der Waals surface area contributed by atoms with Crippen LogP contribution in [0.2, 0.25) is 0 Å². The minimum absolute atomic E-state index is 0. The Morgan fingerprint density at radius 2 is 1.57 bits per heavy atom. The van der Waals surface area contributed by atoms with Crippen LogP contribution in [0.25, 0.3) is 0 Å². The summed E-state index contributed by atoms with van der Waals surface area (Å²) in [4.78, 5) is 27.5. The molecule has 0 aliphatic rings. The maximum atomic E-state index is 10.3. The number of isocyanates is 2. The van der Waals surface area contributed by atoms with Crippen molar-refractivity contribution in [3.63, 3.8) is 0 Å². The Morgan fingerprint density at radius 3 is 2.07 bits per heavy atom. The third-order valence-electron chi connectivity index (χ3n) is 4.21. The molecule has 2 aromatic carbocycles. The van der Waals surface area contributed by atoms with Gasteiger partial charge in [0.25, 0.3) is 0 Å². The third-order valence-corrected chi connectivity index (χ3v) is 4.21. The van der Waals surface area contributed by atoms with Crippen LogP contribution in [0.5, 0.6) is 0 Å². The smallest absolute Gasteiger partial charge is 0.211 e. The van der Waals surface area contributed by atoms with Crippen molar-refractivity contribution < 1.29 is 9.59 Å². The van der Waals surface area contributed by atoms with Crippen LogP contribution in [-0.4, -0.2) is 12.2 Å². The van der Waals surface area contributed by atoms with E-state index in [9.17, 15) is 9.59 Å². The van der Waals surface area contributed by atoms with Crippen molar-refractivity contribution in [2.75, 3.05) is 0 Å². The molecule has 0 aliphatic heterocycles. The zero-order valence-corrected chi connectivity index (χ0v) is 16.6. The molecule has 2 rings (SSSR count). The van der Waals surface area contributed by atoms with Gasteiger partial charge in [-0.2, -0.15) is 9.98 Å². The minimum atomic E-state index is -0.0406. The predicted octanol–water partition coefficient (Wildman–Crippen LogP) is 6.84. The molecule has 0 N–H and O–H groups in total. The van der Waals surface area contributed by atoms with Crippen LogP contribution in [0.15, 0.2) is 58.5 Å². The van der Waals surface area contributed by atoms with E-state index in [1.54, 1.807) is 6.08 Å². The number of nitrogens with zero attached hydrogens (tertiary/aromatic N) is 2. The molecule has 1 unspecified atom stereocenters. The van der Waals surface area contributed by atoms with Crippen LogP contribution in [0.3, 0.4) is 0 Å². The first-order valence-corrected chi connectivity index (χ1v) is 9.39. The lowest BCUT2D eigenvalue weighted by Gasteiger charge is -2.11. The fraction of sp³-hybridized carbons (Fsp3) is 0.417. The highest BCUT2D eigenvalue weighted by Gasteiger charge is 2.08. The van der Waals surface area contributed by atoms with Crippen molar-refractivity contribution in [3.05, 3.63) is 65.2 Å². The van der Waals surface area contributed by atoms with E-state index in [1.165, 1.54) is 17.2 Å². The Kier molecular flexibility index (Phi) is 12.9. The molecule has 150 valence electrons. The fourth-order valence-corrected chi connectivity index (χ4v) is 2.67. The van der Waals surface area contributed by atoms with Crippen LogP contribution in [-0.2, 0) is 16.0 Å². The molecule has 4 nitrogen and oxygen atoms in total. The van der Waals surface area contributed by atoms with Gasteiger partial charge in [-0.1, -0.05) is 77.9 Å². The second-order valence-corrected chi connectivity index (χ2v) is 6.59. The van der Waals surface area contributed by atoms with Crippen molar-refractivity contribution in [2.24, 2.45) is 9.98 Å². The fourth-order valence-electron chi connectivity index (χ4n) is 2.67. The van der Waals surface area contributed by atoms with Gasteiger partial charge in [0.2, 0.25) is 12.2 Å². The highest BCUT2D eigenvalue weighted by molar-refractivity contribution is 5.49. The van der Waals surface area contributed by atoms with E-state index in [4.69, 9.17) is 0 Å². The predicted molar refractivity (Wildman–Crippen MR) is 117 cm³/mol. The minimum Gasteiger partial charge on any atom is -0.211 e. The molecule has 0 saturated carbocycles. The molecule has 0 radical (unpaired) electrons. The molecule has 0 heterocycles. The zero-order valence-electron chi connectivity index (χ0n) is 16.6. The number of hydrogen-bond acceptors (Lipinski definition) is 4. The average molecular weight is 381 g/mol. The summed E-state index contributed by atoms with van der Waals surface area (Å²) in [6.07, 6.45) is 6.19.